The second-order valence-electron chi connectivity index (χ2n) is 3.97. The molecule has 0 unspecified atom stereocenters. The number of carbonyl (C=O) groups is 1. The highest BCUT2D eigenvalue weighted by Gasteiger charge is 2.21. The predicted octanol–water partition coefficient (Wildman–Crippen LogP) is -0.392. The highest BCUT2D eigenvalue weighted by Crippen LogP contribution is 2.15. The van der Waals surface area contributed by atoms with E-state index >= 15 is 0 Å². The molecule has 0 aliphatic carbocycles. The lowest BCUT2D eigenvalue weighted by Gasteiger charge is -2.10. The van der Waals surface area contributed by atoms with E-state index in [1.165, 1.54) is 25.1 Å². The Hall–Kier alpha value is -2.13. The molecule has 0 fully saturated rings. The molecule has 0 radical (unpaired) electrons. The molecule has 0 bridgehead atoms. The van der Waals surface area contributed by atoms with E-state index in [2.05, 4.69) is 9.97 Å². The van der Waals surface area contributed by atoms with E-state index in [-0.39, 0.29) is 4.90 Å². The molecule has 1 aromatic heterocycles. The molecule has 1 aromatic carbocycles. The van der Waals surface area contributed by atoms with Gasteiger partial charge in [0.1, 0.15) is 6.04 Å². The van der Waals surface area contributed by atoms with Crippen LogP contribution in [-0.4, -0.2) is 35.5 Å². The number of benzene rings is 1. The van der Waals surface area contributed by atoms with Gasteiger partial charge in [0.15, 0.2) is 0 Å². The minimum absolute atomic E-state index is 0.122. The lowest BCUT2D eigenvalue weighted by molar-refractivity contribution is -0.138. The highest BCUT2D eigenvalue weighted by atomic mass is 32.2. The third-order valence-electron chi connectivity index (χ3n) is 2.50. The lowest BCUT2D eigenvalue weighted by Crippen LogP contribution is -2.38. The quantitative estimate of drug-likeness (QED) is 0.607. The van der Waals surface area contributed by atoms with Gasteiger partial charge in [0.2, 0.25) is 10.0 Å². The number of H-pyrrole nitrogens is 2. The van der Waals surface area contributed by atoms with Crippen LogP contribution in [0.15, 0.2) is 27.9 Å². The number of nitrogens with one attached hydrogen (secondary N) is 3. The van der Waals surface area contributed by atoms with Gasteiger partial charge in [-0.25, -0.2) is 13.2 Å². The summed E-state index contributed by atoms with van der Waals surface area (Å²) in [7, 11) is -3.95. The largest absolute Gasteiger partial charge is 0.480 e. The van der Waals surface area contributed by atoms with E-state index in [9.17, 15) is 18.0 Å². The van der Waals surface area contributed by atoms with E-state index in [4.69, 9.17) is 5.11 Å². The lowest BCUT2D eigenvalue weighted by atomic mass is 10.3. The molecule has 19 heavy (non-hydrogen) atoms. The maximum Gasteiger partial charge on any atom is 0.323 e. The van der Waals surface area contributed by atoms with Crippen LogP contribution in [0.3, 0.4) is 0 Å². The molecular weight excluding hydrogens is 274 g/mol. The molecule has 8 nitrogen and oxygen atoms in total. The number of aromatic amines is 2. The van der Waals surface area contributed by atoms with Crippen LogP contribution < -0.4 is 10.4 Å². The Bertz CT molecular complexity index is 789. The van der Waals surface area contributed by atoms with Crippen molar-refractivity contribution in [2.24, 2.45) is 0 Å². The van der Waals surface area contributed by atoms with Crippen LogP contribution in [0.5, 0.6) is 0 Å². The summed E-state index contributed by atoms with van der Waals surface area (Å²) in [6, 6.07) is 2.71. The Morgan fingerprint density at radius 1 is 1.32 bits per heavy atom. The normalized spacial score (nSPS) is 13.5. The van der Waals surface area contributed by atoms with Crippen molar-refractivity contribution >= 4 is 27.0 Å². The molecule has 2 aromatic rings. The average Bonchev–Trinajstić information content (AvgIpc) is 2.67. The van der Waals surface area contributed by atoms with Crippen molar-refractivity contribution in [1.29, 1.82) is 0 Å². The summed E-state index contributed by atoms with van der Waals surface area (Å²) in [6.07, 6.45) is 0. The van der Waals surface area contributed by atoms with E-state index in [0.717, 1.165) is 0 Å². The minimum Gasteiger partial charge on any atom is -0.480 e. The molecular formula is C10H11N3O5S. The van der Waals surface area contributed by atoms with Crippen LogP contribution in [0.25, 0.3) is 11.0 Å². The molecule has 0 amide bonds. The summed E-state index contributed by atoms with van der Waals surface area (Å²) >= 11 is 0. The zero-order valence-corrected chi connectivity index (χ0v) is 10.6. The maximum atomic E-state index is 11.9. The van der Waals surface area contributed by atoms with Crippen molar-refractivity contribution in [2.75, 3.05) is 0 Å². The summed E-state index contributed by atoms with van der Waals surface area (Å²) in [5.74, 6) is -1.28. The third-order valence-corrected chi connectivity index (χ3v) is 4.04. The highest BCUT2D eigenvalue weighted by molar-refractivity contribution is 7.89. The molecule has 2 rings (SSSR count). The molecule has 102 valence electrons. The van der Waals surface area contributed by atoms with Gasteiger partial charge in [0.25, 0.3) is 0 Å². The number of carboxylic acids is 1. The van der Waals surface area contributed by atoms with Crippen molar-refractivity contribution in [3.63, 3.8) is 0 Å². The van der Waals surface area contributed by atoms with Gasteiger partial charge in [-0.3, -0.25) is 4.79 Å². The van der Waals surface area contributed by atoms with Crippen molar-refractivity contribution in [1.82, 2.24) is 14.7 Å². The summed E-state index contributed by atoms with van der Waals surface area (Å²) in [4.78, 5) is 26.5. The Morgan fingerprint density at radius 3 is 2.58 bits per heavy atom. The van der Waals surface area contributed by atoms with Crippen molar-refractivity contribution in [3.8, 4) is 0 Å². The maximum absolute atomic E-state index is 11.9. The van der Waals surface area contributed by atoms with Gasteiger partial charge in [0, 0.05) is 0 Å². The van der Waals surface area contributed by atoms with Gasteiger partial charge < -0.3 is 15.1 Å². The number of hydrogen-bond donors (Lipinski definition) is 4. The molecule has 1 heterocycles. The third kappa shape index (κ3) is 2.66. The first-order valence-electron chi connectivity index (χ1n) is 5.27. The van der Waals surface area contributed by atoms with Crippen molar-refractivity contribution in [2.45, 2.75) is 17.9 Å². The molecule has 0 aliphatic rings. The van der Waals surface area contributed by atoms with Crippen LogP contribution in [0.2, 0.25) is 0 Å². The minimum atomic E-state index is -3.95. The van der Waals surface area contributed by atoms with Gasteiger partial charge in [-0.2, -0.15) is 4.72 Å². The summed E-state index contributed by atoms with van der Waals surface area (Å²) in [6.45, 7) is 1.22. The SMILES string of the molecule is C[C@H](NS(=O)(=O)c1ccc2[nH]c(=O)[nH]c2c1)C(=O)O. The zero-order chi connectivity index (χ0) is 14.2. The zero-order valence-electron chi connectivity index (χ0n) is 9.80. The summed E-state index contributed by atoms with van der Waals surface area (Å²) in [5.41, 5.74) is 0.350. The first-order valence-corrected chi connectivity index (χ1v) is 6.75. The monoisotopic (exact) mass is 285 g/mol. The first kappa shape index (κ1) is 13.3. The van der Waals surface area contributed by atoms with Crippen LogP contribution in [0.4, 0.5) is 0 Å². The summed E-state index contributed by atoms with van der Waals surface area (Å²) in [5, 5.41) is 8.69. The van der Waals surface area contributed by atoms with E-state index in [0.29, 0.717) is 11.0 Å². The standard InChI is InChI=1S/C10H11N3O5S/c1-5(9(14)15)13-19(17,18)6-2-3-7-8(4-6)12-10(16)11-7/h2-5,13H,1H3,(H,14,15)(H2,11,12,16)/t5-/m0/s1. The van der Waals surface area contributed by atoms with Crippen LogP contribution in [0, 0.1) is 0 Å². The van der Waals surface area contributed by atoms with Crippen molar-refractivity contribution < 1.29 is 18.3 Å². The van der Waals surface area contributed by atoms with Gasteiger partial charge in [-0.05, 0) is 25.1 Å². The molecule has 1 atom stereocenters. The van der Waals surface area contributed by atoms with E-state index < -0.39 is 27.7 Å². The fraction of sp³-hybridized carbons (Fsp3) is 0.200. The number of rotatable bonds is 4. The summed E-state index contributed by atoms with van der Waals surface area (Å²) < 4.78 is 25.9. The number of fused-ring (bicyclic) bond motifs is 1. The number of aliphatic carboxylic acids is 1. The molecule has 0 aliphatic heterocycles. The number of carboxylic acid groups (broad SMARTS) is 1. The second kappa shape index (κ2) is 4.52. The topological polar surface area (TPSA) is 132 Å². The van der Waals surface area contributed by atoms with Gasteiger partial charge in [-0.1, -0.05) is 0 Å². The van der Waals surface area contributed by atoms with Crippen LogP contribution in [0.1, 0.15) is 6.92 Å². The van der Waals surface area contributed by atoms with E-state index in [1.807, 2.05) is 4.72 Å². The Labute approximate surface area is 107 Å². The Balaban J connectivity index is 2.42. The van der Waals surface area contributed by atoms with Crippen LogP contribution in [-0.2, 0) is 14.8 Å². The number of sulfonamides is 1. The first-order chi connectivity index (χ1) is 8.79. The smallest absolute Gasteiger partial charge is 0.323 e. The predicted molar refractivity (Wildman–Crippen MR) is 66.3 cm³/mol. The number of hydrogen-bond acceptors (Lipinski definition) is 4. The van der Waals surface area contributed by atoms with Gasteiger partial charge >= 0.3 is 11.7 Å². The van der Waals surface area contributed by atoms with E-state index in [1.54, 1.807) is 0 Å². The second-order valence-corrected chi connectivity index (χ2v) is 5.68. The van der Waals surface area contributed by atoms with Gasteiger partial charge in [-0.15, -0.1) is 0 Å². The van der Waals surface area contributed by atoms with Crippen LogP contribution >= 0.6 is 0 Å². The number of imidazole rings is 1. The average molecular weight is 285 g/mol. The number of aromatic nitrogens is 2. The molecule has 9 heteroatoms. The fourth-order valence-corrected chi connectivity index (χ4v) is 2.75. The molecule has 0 saturated heterocycles. The Morgan fingerprint density at radius 2 is 1.95 bits per heavy atom. The molecule has 0 spiro atoms. The molecule has 4 N–H and O–H groups in total. The fourth-order valence-electron chi connectivity index (χ4n) is 1.53. The molecule has 0 saturated carbocycles. The Kier molecular flexibility index (Phi) is 3.16. The van der Waals surface area contributed by atoms with Gasteiger partial charge in [0.05, 0.1) is 15.9 Å². The van der Waals surface area contributed by atoms with Crippen molar-refractivity contribution in [3.05, 3.63) is 28.7 Å².